The highest BCUT2D eigenvalue weighted by Gasteiger charge is 2.35. The van der Waals surface area contributed by atoms with E-state index >= 15 is 0 Å². The highest BCUT2D eigenvalue weighted by atomic mass is 16.5. The summed E-state index contributed by atoms with van der Waals surface area (Å²) in [4.78, 5) is 26.4. The number of amides is 2. The average Bonchev–Trinajstić information content (AvgIpc) is 3.46. The first-order valence-electron chi connectivity index (χ1n) is 12.8. The number of hydrogen-bond acceptors (Lipinski definition) is 4. The maximum Gasteiger partial charge on any atom is 0.259 e. The number of aromatic nitrogens is 2. The van der Waals surface area contributed by atoms with Crippen LogP contribution >= 0.6 is 0 Å². The van der Waals surface area contributed by atoms with E-state index in [4.69, 9.17) is 4.74 Å². The number of hydrogen-bond donors (Lipinski definition) is 2. The van der Waals surface area contributed by atoms with Gasteiger partial charge in [-0.2, -0.15) is 0 Å². The Morgan fingerprint density at radius 1 is 0.806 bits per heavy atom. The Hall–Kier alpha value is -3.68. The molecule has 3 aliphatic rings. The number of carbonyl (C=O) groups excluding carboxylic acids is 2. The number of benzene rings is 2. The van der Waals surface area contributed by atoms with Crippen LogP contribution in [0.15, 0.2) is 60.9 Å². The van der Waals surface area contributed by atoms with Crippen LogP contribution in [-0.2, 0) is 27.4 Å². The first-order valence-corrected chi connectivity index (χ1v) is 12.8. The van der Waals surface area contributed by atoms with Crippen LogP contribution in [0.4, 0.5) is 0 Å². The molecule has 1 fully saturated rings. The molecule has 1 aliphatic carbocycles. The standard InChI is InChI=1S/C29H28N4O3/c34-28-26-22-16-32(24-7-3-1-5-20(22)24)12-11-19(15-30-18-9-10-18)36-14-13-33-17-23(27(26)29(35)31-28)21-6-2-4-8-25(21)33/h1-8,16-19,30H,9-15H2,(H,31,34,35)/t19-/m0/s1. The lowest BCUT2D eigenvalue weighted by Gasteiger charge is -2.20. The molecular weight excluding hydrogens is 452 g/mol. The minimum atomic E-state index is -0.343. The molecule has 0 unspecified atom stereocenters. The van der Waals surface area contributed by atoms with Crippen LogP contribution in [0.5, 0.6) is 0 Å². The zero-order valence-electron chi connectivity index (χ0n) is 20.0. The van der Waals surface area contributed by atoms with Gasteiger partial charge >= 0.3 is 0 Å². The van der Waals surface area contributed by atoms with Gasteiger partial charge in [0.1, 0.15) is 0 Å². The van der Waals surface area contributed by atoms with Crippen molar-refractivity contribution in [3.8, 4) is 0 Å². The minimum absolute atomic E-state index is 0.0885. The fourth-order valence-electron chi connectivity index (χ4n) is 5.66. The molecular formula is C29H28N4O3. The van der Waals surface area contributed by atoms with E-state index in [1.54, 1.807) is 0 Å². The molecule has 2 aromatic carbocycles. The molecule has 7 rings (SSSR count). The maximum absolute atomic E-state index is 13.2. The average molecular weight is 481 g/mol. The van der Waals surface area contributed by atoms with Crippen LogP contribution in [0, 0.1) is 0 Å². The molecule has 4 aromatic rings. The van der Waals surface area contributed by atoms with Gasteiger partial charge < -0.3 is 19.2 Å². The smallest absolute Gasteiger partial charge is 0.259 e. The molecule has 1 atom stereocenters. The summed E-state index contributed by atoms with van der Waals surface area (Å²) in [6.45, 7) is 2.85. The quantitative estimate of drug-likeness (QED) is 0.439. The third-order valence-electron chi connectivity index (χ3n) is 7.64. The number of nitrogens with one attached hydrogen (secondary N) is 2. The lowest BCUT2D eigenvalue weighted by Crippen LogP contribution is -2.32. The second kappa shape index (κ2) is 8.47. The summed E-state index contributed by atoms with van der Waals surface area (Å²) >= 11 is 0. The molecule has 1 saturated carbocycles. The Morgan fingerprint density at radius 3 is 2.00 bits per heavy atom. The number of carbonyl (C=O) groups is 2. The van der Waals surface area contributed by atoms with Crippen LogP contribution < -0.4 is 10.6 Å². The number of nitrogens with zero attached hydrogens (tertiary/aromatic N) is 2. The lowest BCUT2D eigenvalue weighted by atomic mass is 9.95. The summed E-state index contributed by atoms with van der Waals surface area (Å²) in [5.41, 5.74) is 4.56. The first-order chi connectivity index (χ1) is 17.7. The van der Waals surface area contributed by atoms with Crippen LogP contribution in [0.3, 0.4) is 0 Å². The zero-order chi connectivity index (χ0) is 24.2. The number of ether oxygens (including phenoxy) is 1. The van der Waals surface area contributed by atoms with E-state index in [-0.39, 0.29) is 17.9 Å². The largest absolute Gasteiger partial charge is 0.375 e. The molecule has 2 aliphatic heterocycles. The van der Waals surface area contributed by atoms with E-state index in [9.17, 15) is 9.59 Å². The summed E-state index contributed by atoms with van der Waals surface area (Å²) in [5, 5.41) is 8.14. The van der Waals surface area contributed by atoms with E-state index < -0.39 is 0 Å². The fourth-order valence-corrected chi connectivity index (χ4v) is 5.66. The van der Waals surface area contributed by atoms with Gasteiger partial charge in [0.05, 0.1) is 23.9 Å². The molecule has 4 heterocycles. The summed E-state index contributed by atoms with van der Waals surface area (Å²) in [6.07, 6.45) is 7.47. The van der Waals surface area contributed by atoms with Gasteiger partial charge in [-0.25, -0.2) is 0 Å². The van der Waals surface area contributed by atoms with E-state index in [1.807, 2.05) is 48.8 Å². The molecule has 4 bridgehead atoms. The molecule has 2 aromatic heterocycles. The van der Waals surface area contributed by atoms with Crippen LogP contribution in [0.2, 0.25) is 0 Å². The molecule has 36 heavy (non-hydrogen) atoms. The third kappa shape index (κ3) is 3.58. The van der Waals surface area contributed by atoms with Crippen LogP contribution in [-0.4, -0.2) is 46.2 Å². The molecule has 2 amide bonds. The van der Waals surface area contributed by atoms with Crippen molar-refractivity contribution in [3.05, 3.63) is 72.1 Å². The summed E-state index contributed by atoms with van der Waals surface area (Å²) in [6, 6.07) is 16.8. The van der Waals surface area contributed by atoms with Crippen molar-refractivity contribution in [2.75, 3.05) is 13.2 Å². The predicted molar refractivity (Wildman–Crippen MR) is 139 cm³/mol. The van der Waals surface area contributed by atoms with Crippen molar-refractivity contribution in [3.63, 3.8) is 0 Å². The number of fused-ring (bicyclic) bond motifs is 12. The van der Waals surface area contributed by atoms with Crippen LogP contribution in [0.25, 0.3) is 33.0 Å². The second-order valence-corrected chi connectivity index (χ2v) is 10.0. The summed E-state index contributed by atoms with van der Waals surface area (Å²) < 4.78 is 10.8. The molecule has 0 spiro atoms. The first kappa shape index (κ1) is 21.6. The third-order valence-corrected chi connectivity index (χ3v) is 7.64. The van der Waals surface area contributed by atoms with E-state index in [0.717, 1.165) is 52.4 Å². The number of aryl methyl sites for hydroxylation is 1. The van der Waals surface area contributed by atoms with Gasteiger partial charge in [-0.05, 0) is 31.4 Å². The zero-order valence-corrected chi connectivity index (χ0v) is 20.0. The van der Waals surface area contributed by atoms with Crippen molar-refractivity contribution < 1.29 is 14.3 Å². The summed E-state index contributed by atoms with van der Waals surface area (Å²) in [5.74, 6) is -0.680. The van der Waals surface area contributed by atoms with Gasteiger partial charge in [-0.15, -0.1) is 0 Å². The van der Waals surface area contributed by atoms with E-state index in [1.165, 1.54) is 12.8 Å². The van der Waals surface area contributed by atoms with Gasteiger partial charge in [0, 0.05) is 71.0 Å². The normalized spacial score (nSPS) is 20.6. The van der Waals surface area contributed by atoms with Crippen molar-refractivity contribution in [2.45, 2.75) is 44.5 Å². The molecule has 7 nitrogen and oxygen atoms in total. The van der Waals surface area contributed by atoms with Gasteiger partial charge in [0.25, 0.3) is 11.8 Å². The van der Waals surface area contributed by atoms with Crippen molar-refractivity contribution in [1.82, 2.24) is 19.8 Å². The molecule has 2 N–H and O–H groups in total. The maximum atomic E-state index is 13.2. The topological polar surface area (TPSA) is 77.3 Å². The minimum Gasteiger partial charge on any atom is -0.375 e. The fraction of sp³-hybridized carbons (Fsp3) is 0.310. The van der Waals surface area contributed by atoms with E-state index in [0.29, 0.717) is 30.3 Å². The lowest BCUT2D eigenvalue weighted by molar-refractivity contribution is -0.122. The molecule has 0 radical (unpaired) electrons. The number of rotatable bonds is 3. The Labute approximate surface area is 208 Å². The van der Waals surface area contributed by atoms with E-state index in [2.05, 4.69) is 31.9 Å². The summed E-state index contributed by atoms with van der Waals surface area (Å²) in [7, 11) is 0. The second-order valence-electron chi connectivity index (χ2n) is 10.0. The van der Waals surface area contributed by atoms with Crippen molar-refractivity contribution >= 4 is 44.8 Å². The monoisotopic (exact) mass is 480 g/mol. The Balaban J connectivity index is 1.43. The predicted octanol–water partition coefficient (Wildman–Crippen LogP) is 3.70. The highest BCUT2D eigenvalue weighted by molar-refractivity contribution is 6.50. The highest BCUT2D eigenvalue weighted by Crippen LogP contribution is 2.39. The van der Waals surface area contributed by atoms with Gasteiger partial charge in [0.2, 0.25) is 0 Å². The molecule has 7 heteroatoms. The Morgan fingerprint density at radius 2 is 1.39 bits per heavy atom. The van der Waals surface area contributed by atoms with Crippen LogP contribution in [0.1, 0.15) is 30.4 Å². The Bertz CT molecular complexity index is 1560. The van der Waals surface area contributed by atoms with Gasteiger partial charge in [-0.3, -0.25) is 14.9 Å². The molecule has 182 valence electrons. The van der Waals surface area contributed by atoms with Crippen molar-refractivity contribution in [2.24, 2.45) is 0 Å². The van der Waals surface area contributed by atoms with Gasteiger partial charge in [-0.1, -0.05) is 36.4 Å². The van der Waals surface area contributed by atoms with Crippen molar-refractivity contribution in [1.29, 1.82) is 0 Å². The molecule has 0 saturated heterocycles. The Kier molecular flexibility index (Phi) is 5.08. The number of imide groups is 1. The SMILES string of the molecule is O=C1NC(=O)C2=C1c1cn(c3ccccc13)CCO[C@H](CNC1CC1)CCn1cc2c2ccccc21. The number of para-hydroxylation sites is 2. The van der Waals surface area contributed by atoms with Gasteiger partial charge in [0.15, 0.2) is 0 Å².